The first-order valence-corrected chi connectivity index (χ1v) is 7.03. The highest BCUT2D eigenvalue weighted by Gasteiger charge is 2.10. The summed E-state index contributed by atoms with van der Waals surface area (Å²) >= 11 is 0. The van der Waals surface area contributed by atoms with Crippen molar-refractivity contribution in [1.82, 2.24) is 9.88 Å². The van der Waals surface area contributed by atoms with Crippen LogP contribution in [0, 0.1) is 0 Å². The number of hydrogen-bond donors (Lipinski definition) is 1. The van der Waals surface area contributed by atoms with Gasteiger partial charge in [0.05, 0.1) is 18.9 Å². The van der Waals surface area contributed by atoms with E-state index >= 15 is 0 Å². The van der Waals surface area contributed by atoms with E-state index in [1.807, 2.05) is 43.4 Å². The van der Waals surface area contributed by atoms with Crippen molar-refractivity contribution in [2.75, 3.05) is 14.2 Å². The Kier molecular flexibility index (Phi) is 5.31. The Bertz CT molecular complexity index is 570. The first kappa shape index (κ1) is 15.5. The minimum Gasteiger partial charge on any atom is -0.496 e. The molecule has 112 valence electrons. The number of rotatable bonds is 6. The highest BCUT2D eigenvalue weighted by molar-refractivity contribution is 5.38. The molecule has 21 heavy (non-hydrogen) atoms. The Hall–Kier alpha value is -1.91. The first-order chi connectivity index (χ1) is 10.1. The van der Waals surface area contributed by atoms with Crippen LogP contribution in [0.5, 0.6) is 5.75 Å². The van der Waals surface area contributed by atoms with Gasteiger partial charge >= 0.3 is 0 Å². The summed E-state index contributed by atoms with van der Waals surface area (Å²) in [7, 11) is 3.71. The van der Waals surface area contributed by atoms with E-state index in [-0.39, 0.29) is 0 Å². The normalized spacial score (nSPS) is 12.4. The van der Waals surface area contributed by atoms with E-state index in [1.165, 1.54) is 0 Å². The molecule has 4 nitrogen and oxygen atoms in total. The molecule has 0 radical (unpaired) electrons. The Balaban J connectivity index is 2.12. The number of aliphatic hydroxyl groups excluding tert-OH is 1. The van der Waals surface area contributed by atoms with Crippen LogP contribution in [0.2, 0.25) is 0 Å². The molecule has 1 atom stereocenters. The molecule has 1 aromatic carbocycles. The molecule has 0 bridgehead atoms. The summed E-state index contributed by atoms with van der Waals surface area (Å²) in [4.78, 5) is 6.51. The van der Waals surface area contributed by atoms with Gasteiger partial charge in [0.15, 0.2) is 0 Å². The molecular formula is C17H22N2O2. The zero-order valence-corrected chi connectivity index (χ0v) is 12.8. The van der Waals surface area contributed by atoms with Crippen molar-refractivity contribution in [3.8, 4) is 5.75 Å². The number of pyridine rings is 1. The summed E-state index contributed by atoms with van der Waals surface area (Å²) in [5, 5.41) is 9.72. The lowest BCUT2D eigenvalue weighted by Crippen LogP contribution is -2.18. The van der Waals surface area contributed by atoms with Crippen LogP contribution in [0.1, 0.15) is 29.8 Å². The third kappa shape index (κ3) is 4.28. The lowest BCUT2D eigenvalue weighted by molar-refractivity contribution is 0.199. The van der Waals surface area contributed by atoms with Crippen molar-refractivity contribution in [3.05, 3.63) is 59.4 Å². The molecule has 0 aliphatic heterocycles. The van der Waals surface area contributed by atoms with Crippen molar-refractivity contribution < 1.29 is 9.84 Å². The Morgan fingerprint density at radius 1 is 1.24 bits per heavy atom. The molecule has 0 aliphatic carbocycles. The van der Waals surface area contributed by atoms with Crippen LogP contribution in [0.3, 0.4) is 0 Å². The number of nitrogens with zero attached hydrogens (tertiary/aromatic N) is 2. The van der Waals surface area contributed by atoms with Gasteiger partial charge in [-0.2, -0.15) is 0 Å². The van der Waals surface area contributed by atoms with Crippen LogP contribution in [0.25, 0.3) is 0 Å². The minimum atomic E-state index is -0.476. The smallest absolute Gasteiger partial charge is 0.123 e. The molecule has 1 aromatic heterocycles. The number of ether oxygens (including phenoxy) is 1. The van der Waals surface area contributed by atoms with E-state index in [0.717, 1.165) is 35.7 Å². The van der Waals surface area contributed by atoms with Crippen LogP contribution in [-0.2, 0) is 13.1 Å². The van der Waals surface area contributed by atoms with Crippen molar-refractivity contribution >= 4 is 0 Å². The quantitative estimate of drug-likeness (QED) is 0.887. The molecule has 1 heterocycles. The summed E-state index contributed by atoms with van der Waals surface area (Å²) in [6, 6.07) is 11.7. The molecule has 0 fully saturated rings. The number of aliphatic hydroxyl groups is 1. The Morgan fingerprint density at radius 2 is 2.05 bits per heavy atom. The fourth-order valence-electron chi connectivity index (χ4n) is 2.30. The largest absolute Gasteiger partial charge is 0.496 e. The Morgan fingerprint density at radius 3 is 2.67 bits per heavy atom. The molecule has 1 unspecified atom stereocenters. The molecule has 2 aromatic rings. The van der Waals surface area contributed by atoms with Gasteiger partial charge in [-0.3, -0.25) is 9.88 Å². The van der Waals surface area contributed by atoms with E-state index in [1.54, 1.807) is 20.2 Å². The highest BCUT2D eigenvalue weighted by Crippen LogP contribution is 2.24. The van der Waals surface area contributed by atoms with E-state index in [2.05, 4.69) is 9.88 Å². The molecule has 1 N–H and O–H groups in total. The maximum Gasteiger partial charge on any atom is 0.123 e. The predicted molar refractivity (Wildman–Crippen MR) is 83.0 cm³/mol. The van der Waals surface area contributed by atoms with Gasteiger partial charge in [0.1, 0.15) is 5.75 Å². The van der Waals surface area contributed by atoms with Crippen molar-refractivity contribution in [3.63, 3.8) is 0 Å². The fraction of sp³-hybridized carbons (Fsp3) is 0.353. The average Bonchev–Trinajstić information content (AvgIpc) is 2.48. The standard InChI is InChI=1S/C17H22N2O2/c1-13(20)14-7-8-17(21-3)15(10-14)11-19(2)12-16-6-4-5-9-18-16/h4-10,13,20H,11-12H2,1-3H3. The maximum atomic E-state index is 9.72. The molecule has 0 saturated heterocycles. The van der Waals surface area contributed by atoms with Crippen molar-refractivity contribution in [1.29, 1.82) is 0 Å². The topological polar surface area (TPSA) is 45.6 Å². The average molecular weight is 286 g/mol. The Labute approximate surface area is 126 Å². The summed E-state index contributed by atoms with van der Waals surface area (Å²) in [6.45, 7) is 3.27. The summed E-state index contributed by atoms with van der Waals surface area (Å²) in [5.41, 5.74) is 3.00. The molecule has 2 rings (SSSR count). The second kappa shape index (κ2) is 7.20. The summed E-state index contributed by atoms with van der Waals surface area (Å²) in [6.07, 6.45) is 1.33. The van der Waals surface area contributed by atoms with Crippen molar-refractivity contribution in [2.24, 2.45) is 0 Å². The zero-order chi connectivity index (χ0) is 15.2. The van der Waals surface area contributed by atoms with Gasteiger partial charge in [-0.15, -0.1) is 0 Å². The summed E-state index contributed by atoms with van der Waals surface area (Å²) in [5.74, 6) is 0.840. The third-order valence-electron chi connectivity index (χ3n) is 3.39. The van der Waals surface area contributed by atoms with E-state index in [0.29, 0.717) is 0 Å². The molecule has 0 aliphatic rings. The first-order valence-electron chi connectivity index (χ1n) is 7.03. The van der Waals surface area contributed by atoms with Gasteiger partial charge in [0.25, 0.3) is 0 Å². The number of aromatic nitrogens is 1. The zero-order valence-electron chi connectivity index (χ0n) is 12.8. The van der Waals surface area contributed by atoms with Crippen LogP contribution >= 0.6 is 0 Å². The van der Waals surface area contributed by atoms with E-state index < -0.39 is 6.10 Å². The monoisotopic (exact) mass is 286 g/mol. The second-order valence-corrected chi connectivity index (χ2v) is 5.24. The lowest BCUT2D eigenvalue weighted by Gasteiger charge is -2.19. The highest BCUT2D eigenvalue weighted by atomic mass is 16.5. The third-order valence-corrected chi connectivity index (χ3v) is 3.39. The van der Waals surface area contributed by atoms with Crippen molar-refractivity contribution in [2.45, 2.75) is 26.1 Å². The molecule has 4 heteroatoms. The SMILES string of the molecule is COc1ccc(C(C)O)cc1CN(C)Cc1ccccn1. The van der Waals surface area contributed by atoms with Gasteiger partial charge in [0, 0.05) is 24.8 Å². The van der Waals surface area contributed by atoms with Gasteiger partial charge < -0.3 is 9.84 Å². The number of methoxy groups -OCH3 is 1. The molecular weight excluding hydrogens is 264 g/mol. The van der Waals surface area contributed by atoms with E-state index in [4.69, 9.17) is 4.74 Å². The lowest BCUT2D eigenvalue weighted by atomic mass is 10.1. The number of benzene rings is 1. The minimum absolute atomic E-state index is 0.476. The van der Waals surface area contributed by atoms with Crippen LogP contribution in [0.15, 0.2) is 42.6 Å². The van der Waals surface area contributed by atoms with Gasteiger partial charge in [-0.05, 0) is 43.8 Å². The molecule has 0 saturated carbocycles. The second-order valence-electron chi connectivity index (χ2n) is 5.24. The fourth-order valence-corrected chi connectivity index (χ4v) is 2.30. The van der Waals surface area contributed by atoms with Crippen LogP contribution < -0.4 is 4.74 Å². The van der Waals surface area contributed by atoms with Crippen LogP contribution in [0.4, 0.5) is 0 Å². The van der Waals surface area contributed by atoms with Crippen LogP contribution in [-0.4, -0.2) is 29.1 Å². The summed E-state index contributed by atoms with van der Waals surface area (Å²) < 4.78 is 5.41. The molecule has 0 amide bonds. The van der Waals surface area contributed by atoms with Gasteiger partial charge in [0.2, 0.25) is 0 Å². The number of hydrogen-bond acceptors (Lipinski definition) is 4. The van der Waals surface area contributed by atoms with E-state index in [9.17, 15) is 5.11 Å². The maximum absolute atomic E-state index is 9.72. The van der Waals surface area contributed by atoms with Gasteiger partial charge in [-0.1, -0.05) is 12.1 Å². The predicted octanol–water partition coefficient (Wildman–Crippen LogP) is 2.78. The molecule has 0 spiro atoms. The van der Waals surface area contributed by atoms with Gasteiger partial charge in [-0.25, -0.2) is 0 Å².